The van der Waals surface area contributed by atoms with E-state index >= 15 is 0 Å². The fraction of sp³-hybridized carbons (Fsp3) is 0.200. The Morgan fingerprint density at radius 1 is 1.12 bits per heavy atom. The summed E-state index contributed by atoms with van der Waals surface area (Å²) in [6.07, 6.45) is 1.73. The predicted molar refractivity (Wildman–Crippen MR) is 102 cm³/mol. The van der Waals surface area contributed by atoms with Gasteiger partial charge < -0.3 is 14.6 Å². The second kappa shape index (κ2) is 8.06. The fourth-order valence-corrected chi connectivity index (χ4v) is 2.88. The number of ether oxygens (including phenoxy) is 1. The van der Waals surface area contributed by atoms with E-state index in [0.717, 1.165) is 10.9 Å². The third-order valence-corrected chi connectivity index (χ3v) is 4.24. The number of hydrogen-bond donors (Lipinski definition) is 1. The topological polar surface area (TPSA) is 60.3 Å². The lowest BCUT2D eigenvalue weighted by atomic mass is 10.1. The van der Waals surface area contributed by atoms with Crippen LogP contribution in [-0.4, -0.2) is 29.4 Å². The quantitative estimate of drug-likeness (QED) is 0.509. The number of Topliss-reactive ketones (excluding diaryl/α,β-unsaturated/α-hetero) is 1. The number of ketones is 1. The Bertz CT molecular complexity index is 932. The van der Waals surface area contributed by atoms with E-state index in [1.54, 1.807) is 35.0 Å². The number of nitrogens with zero attached hydrogens (tertiary/aromatic N) is 1. The van der Waals surface area contributed by atoms with Gasteiger partial charge in [-0.25, -0.2) is 0 Å². The molecule has 0 aliphatic carbocycles. The van der Waals surface area contributed by atoms with Gasteiger partial charge in [-0.3, -0.25) is 9.59 Å². The molecule has 0 aliphatic rings. The zero-order chi connectivity index (χ0) is 18.5. The summed E-state index contributed by atoms with van der Waals surface area (Å²) in [6.45, 7) is 2.42. The maximum atomic E-state index is 12.2. The summed E-state index contributed by atoms with van der Waals surface area (Å²) in [5, 5.41) is 4.33. The second-order valence-electron chi connectivity index (χ2n) is 5.90. The van der Waals surface area contributed by atoms with Crippen LogP contribution in [0, 0.1) is 0 Å². The van der Waals surface area contributed by atoms with Crippen LogP contribution in [0.3, 0.4) is 0 Å². The summed E-state index contributed by atoms with van der Waals surface area (Å²) < 4.78 is 7.34. The molecule has 0 atom stereocenters. The second-order valence-corrected chi connectivity index (χ2v) is 6.33. The van der Waals surface area contributed by atoms with Gasteiger partial charge in [0.25, 0.3) is 0 Å². The van der Waals surface area contributed by atoms with Gasteiger partial charge in [0.05, 0.1) is 6.54 Å². The Kier molecular flexibility index (Phi) is 5.58. The molecule has 0 spiro atoms. The van der Waals surface area contributed by atoms with E-state index in [1.807, 2.05) is 24.3 Å². The van der Waals surface area contributed by atoms with E-state index in [-0.39, 0.29) is 18.2 Å². The van der Waals surface area contributed by atoms with E-state index < -0.39 is 0 Å². The summed E-state index contributed by atoms with van der Waals surface area (Å²) in [5.74, 6) is 0.545. The van der Waals surface area contributed by atoms with Gasteiger partial charge in [0, 0.05) is 27.7 Å². The molecule has 1 N–H and O–H groups in total. The molecule has 1 amide bonds. The van der Waals surface area contributed by atoms with Crippen LogP contribution in [0.1, 0.15) is 17.3 Å². The van der Waals surface area contributed by atoms with Gasteiger partial charge in [0.2, 0.25) is 5.91 Å². The number of halogens is 1. The first kappa shape index (κ1) is 18.0. The molecular formula is C20H19ClN2O3. The third kappa shape index (κ3) is 4.24. The van der Waals surface area contributed by atoms with Crippen LogP contribution in [0.2, 0.25) is 5.02 Å². The first-order chi connectivity index (χ1) is 12.5. The largest absolute Gasteiger partial charge is 0.492 e. The van der Waals surface area contributed by atoms with Crippen molar-refractivity contribution in [1.82, 2.24) is 9.88 Å². The van der Waals surface area contributed by atoms with Crippen LogP contribution in [0.25, 0.3) is 10.9 Å². The van der Waals surface area contributed by atoms with Crippen molar-refractivity contribution in [3.05, 3.63) is 65.3 Å². The van der Waals surface area contributed by atoms with Crippen LogP contribution in [0.5, 0.6) is 5.75 Å². The van der Waals surface area contributed by atoms with Crippen molar-refractivity contribution in [3.63, 3.8) is 0 Å². The van der Waals surface area contributed by atoms with Crippen molar-refractivity contribution < 1.29 is 14.3 Å². The molecule has 26 heavy (non-hydrogen) atoms. The molecule has 0 radical (unpaired) electrons. The van der Waals surface area contributed by atoms with Gasteiger partial charge in [-0.1, -0.05) is 29.8 Å². The minimum Gasteiger partial charge on any atom is -0.492 e. The molecule has 0 unspecified atom stereocenters. The molecule has 134 valence electrons. The molecule has 2 aromatic carbocycles. The summed E-state index contributed by atoms with van der Waals surface area (Å²) in [7, 11) is 0. The summed E-state index contributed by atoms with van der Waals surface area (Å²) >= 11 is 5.82. The first-order valence-corrected chi connectivity index (χ1v) is 8.66. The average Bonchev–Trinajstić information content (AvgIpc) is 2.99. The van der Waals surface area contributed by atoms with Gasteiger partial charge in [-0.05, 0) is 37.3 Å². The molecule has 0 saturated heterocycles. The van der Waals surface area contributed by atoms with Crippen LogP contribution in [0.15, 0.2) is 54.7 Å². The zero-order valence-corrected chi connectivity index (χ0v) is 15.1. The summed E-state index contributed by atoms with van der Waals surface area (Å²) in [4.78, 5) is 24.0. The molecule has 0 bridgehead atoms. The number of hydrogen-bond acceptors (Lipinski definition) is 3. The number of amides is 1. The number of aromatic nitrogens is 1. The van der Waals surface area contributed by atoms with Crippen molar-refractivity contribution in [2.45, 2.75) is 13.5 Å². The van der Waals surface area contributed by atoms with Crippen molar-refractivity contribution in [2.75, 3.05) is 13.2 Å². The fourth-order valence-electron chi connectivity index (χ4n) is 2.76. The van der Waals surface area contributed by atoms with Gasteiger partial charge in [0.15, 0.2) is 5.78 Å². The molecule has 5 nitrogen and oxygen atoms in total. The molecule has 0 aliphatic heterocycles. The Hall–Kier alpha value is -2.79. The number of para-hydroxylation sites is 1. The van der Waals surface area contributed by atoms with Crippen molar-refractivity contribution in [1.29, 1.82) is 0 Å². The van der Waals surface area contributed by atoms with Gasteiger partial charge in [-0.2, -0.15) is 0 Å². The average molecular weight is 371 g/mol. The van der Waals surface area contributed by atoms with E-state index in [2.05, 4.69) is 5.32 Å². The van der Waals surface area contributed by atoms with E-state index in [0.29, 0.717) is 29.5 Å². The normalized spacial score (nSPS) is 10.7. The monoisotopic (exact) mass is 370 g/mol. The maximum absolute atomic E-state index is 12.2. The smallest absolute Gasteiger partial charge is 0.240 e. The molecule has 6 heteroatoms. The highest BCUT2D eigenvalue weighted by molar-refractivity contribution is 6.30. The maximum Gasteiger partial charge on any atom is 0.240 e. The molecule has 1 heterocycles. The summed E-state index contributed by atoms with van der Waals surface area (Å²) in [6, 6.07) is 14.6. The number of rotatable bonds is 7. The number of nitrogens with one attached hydrogen (secondary N) is 1. The lowest BCUT2D eigenvalue weighted by Gasteiger charge is -2.09. The lowest BCUT2D eigenvalue weighted by Crippen LogP contribution is -2.31. The number of carbonyl (C=O) groups excluding carboxylic acids is 2. The van der Waals surface area contributed by atoms with Gasteiger partial charge in [-0.15, -0.1) is 0 Å². The molecule has 3 rings (SSSR count). The Balaban J connectivity index is 1.56. The SMILES string of the molecule is CC(=O)c1cn(CC(=O)NCCOc2ccc(Cl)cc2)c2ccccc12. The molecule has 0 fully saturated rings. The van der Waals surface area contributed by atoms with Crippen molar-refractivity contribution in [2.24, 2.45) is 0 Å². The van der Waals surface area contributed by atoms with Gasteiger partial charge >= 0.3 is 0 Å². The molecular weight excluding hydrogens is 352 g/mol. The van der Waals surface area contributed by atoms with E-state index in [9.17, 15) is 9.59 Å². The van der Waals surface area contributed by atoms with Crippen LogP contribution >= 0.6 is 11.6 Å². The third-order valence-electron chi connectivity index (χ3n) is 3.99. The lowest BCUT2D eigenvalue weighted by molar-refractivity contribution is -0.121. The Morgan fingerprint density at radius 3 is 2.58 bits per heavy atom. The first-order valence-electron chi connectivity index (χ1n) is 8.28. The molecule has 0 saturated carbocycles. The van der Waals surface area contributed by atoms with Crippen molar-refractivity contribution in [3.8, 4) is 5.75 Å². The van der Waals surface area contributed by atoms with Crippen LogP contribution in [0.4, 0.5) is 0 Å². The highest BCUT2D eigenvalue weighted by Gasteiger charge is 2.13. The Labute approximate surface area is 156 Å². The van der Waals surface area contributed by atoms with E-state index in [4.69, 9.17) is 16.3 Å². The molecule has 1 aromatic heterocycles. The summed E-state index contributed by atoms with van der Waals surface area (Å²) in [5.41, 5.74) is 1.49. The predicted octanol–water partition coefficient (Wildman–Crippen LogP) is 3.69. The van der Waals surface area contributed by atoms with E-state index in [1.165, 1.54) is 6.92 Å². The molecule has 3 aromatic rings. The van der Waals surface area contributed by atoms with Crippen molar-refractivity contribution >= 4 is 34.2 Å². The van der Waals surface area contributed by atoms with Crippen LogP contribution < -0.4 is 10.1 Å². The number of carbonyl (C=O) groups is 2. The minimum absolute atomic E-state index is 0.0169. The zero-order valence-electron chi connectivity index (χ0n) is 14.4. The van der Waals surface area contributed by atoms with Gasteiger partial charge in [0.1, 0.15) is 18.9 Å². The standard InChI is InChI=1S/C20H19ClN2O3/c1-14(24)18-12-23(19-5-3-2-4-17(18)19)13-20(25)22-10-11-26-16-8-6-15(21)7-9-16/h2-9,12H,10-11,13H2,1H3,(H,22,25). The number of fused-ring (bicyclic) bond motifs is 1. The highest BCUT2D eigenvalue weighted by atomic mass is 35.5. The highest BCUT2D eigenvalue weighted by Crippen LogP contribution is 2.21. The number of benzene rings is 2. The minimum atomic E-state index is -0.138. The Morgan fingerprint density at radius 2 is 1.85 bits per heavy atom. The van der Waals surface area contributed by atoms with Crippen LogP contribution in [-0.2, 0) is 11.3 Å².